The van der Waals surface area contributed by atoms with Gasteiger partial charge in [-0.3, -0.25) is 0 Å². The number of hydrogen-bond donors (Lipinski definition) is 0. The molecule has 132 valence electrons. The standard InChI is InChI=1S/C22H22N2O2/c1-15-10-20(19-7-4-6-18(13-19)14-23)11-16(2)22(15)25-9-5-8-21-12-17(3)24-26-21/h4,6-7,10-13H,5,8-9H2,1-3H3. The average Bonchev–Trinajstić information content (AvgIpc) is 3.05. The molecule has 0 aliphatic carbocycles. The Balaban J connectivity index is 1.68. The van der Waals surface area contributed by atoms with Crippen LogP contribution in [-0.4, -0.2) is 11.8 Å². The first-order chi connectivity index (χ1) is 12.6. The van der Waals surface area contributed by atoms with Gasteiger partial charge < -0.3 is 9.26 Å². The lowest BCUT2D eigenvalue weighted by Gasteiger charge is -2.14. The number of nitrogens with zero attached hydrogens (tertiary/aromatic N) is 2. The molecule has 0 spiro atoms. The molecule has 0 saturated heterocycles. The molecule has 0 unspecified atom stereocenters. The largest absolute Gasteiger partial charge is 0.493 e. The molecule has 0 aliphatic heterocycles. The summed E-state index contributed by atoms with van der Waals surface area (Å²) in [6, 6.07) is 16.0. The highest BCUT2D eigenvalue weighted by molar-refractivity contribution is 5.68. The summed E-state index contributed by atoms with van der Waals surface area (Å²) in [5.74, 6) is 1.83. The van der Waals surface area contributed by atoms with Crippen molar-refractivity contribution in [3.63, 3.8) is 0 Å². The van der Waals surface area contributed by atoms with Crippen molar-refractivity contribution in [3.05, 3.63) is 70.6 Å². The van der Waals surface area contributed by atoms with Gasteiger partial charge in [0.2, 0.25) is 0 Å². The quantitative estimate of drug-likeness (QED) is 0.579. The fraction of sp³-hybridized carbons (Fsp3) is 0.273. The second-order valence-electron chi connectivity index (χ2n) is 6.52. The fourth-order valence-electron chi connectivity index (χ4n) is 3.07. The molecule has 26 heavy (non-hydrogen) atoms. The third kappa shape index (κ3) is 4.12. The van der Waals surface area contributed by atoms with E-state index >= 15 is 0 Å². The molecule has 3 aromatic rings. The van der Waals surface area contributed by atoms with Gasteiger partial charge in [-0.05, 0) is 73.7 Å². The van der Waals surface area contributed by atoms with Gasteiger partial charge in [-0.1, -0.05) is 17.3 Å². The summed E-state index contributed by atoms with van der Waals surface area (Å²) in [5.41, 5.74) is 5.91. The topological polar surface area (TPSA) is 59.0 Å². The summed E-state index contributed by atoms with van der Waals surface area (Å²) in [6.07, 6.45) is 1.69. The molecule has 0 bridgehead atoms. The second kappa shape index (κ2) is 7.88. The van der Waals surface area contributed by atoms with E-state index in [1.54, 1.807) is 0 Å². The van der Waals surface area contributed by atoms with E-state index < -0.39 is 0 Å². The second-order valence-corrected chi connectivity index (χ2v) is 6.52. The fourth-order valence-corrected chi connectivity index (χ4v) is 3.07. The molecule has 3 rings (SSSR count). The molecular weight excluding hydrogens is 324 g/mol. The Morgan fingerprint density at radius 2 is 1.81 bits per heavy atom. The number of ether oxygens (including phenoxy) is 1. The highest BCUT2D eigenvalue weighted by atomic mass is 16.5. The molecule has 4 heteroatoms. The van der Waals surface area contributed by atoms with Gasteiger partial charge in [0.05, 0.1) is 23.9 Å². The van der Waals surface area contributed by atoms with Crippen LogP contribution in [0, 0.1) is 32.1 Å². The summed E-state index contributed by atoms with van der Waals surface area (Å²) < 4.78 is 11.2. The highest BCUT2D eigenvalue weighted by Crippen LogP contribution is 2.30. The van der Waals surface area contributed by atoms with Crippen molar-refractivity contribution in [2.24, 2.45) is 0 Å². The number of hydrogen-bond acceptors (Lipinski definition) is 4. The third-order valence-corrected chi connectivity index (χ3v) is 4.28. The normalized spacial score (nSPS) is 10.5. The minimum absolute atomic E-state index is 0.630. The van der Waals surface area contributed by atoms with Crippen molar-refractivity contribution in [2.45, 2.75) is 33.6 Å². The number of aromatic nitrogens is 1. The average molecular weight is 346 g/mol. The van der Waals surface area contributed by atoms with Crippen molar-refractivity contribution >= 4 is 0 Å². The van der Waals surface area contributed by atoms with Crippen LogP contribution in [0.15, 0.2) is 47.0 Å². The van der Waals surface area contributed by atoms with Gasteiger partial charge in [-0.15, -0.1) is 0 Å². The molecule has 0 amide bonds. The van der Waals surface area contributed by atoms with Crippen LogP contribution >= 0.6 is 0 Å². The van der Waals surface area contributed by atoms with E-state index in [2.05, 4.69) is 37.2 Å². The summed E-state index contributed by atoms with van der Waals surface area (Å²) in [4.78, 5) is 0. The Labute approximate surface area is 154 Å². The summed E-state index contributed by atoms with van der Waals surface area (Å²) in [6.45, 7) is 6.66. The van der Waals surface area contributed by atoms with E-state index in [4.69, 9.17) is 14.5 Å². The van der Waals surface area contributed by atoms with E-state index in [0.29, 0.717) is 12.2 Å². The predicted molar refractivity (Wildman–Crippen MR) is 101 cm³/mol. The van der Waals surface area contributed by atoms with Crippen LogP contribution < -0.4 is 4.74 Å². The molecular formula is C22H22N2O2. The van der Waals surface area contributed by atoms with Crippen molar-refractivity contribution < 1.29 is 9.26 Å². The highest BCUT2D eigenvalue weighted by Gasteiger charge is 2.09. The summed E-state index contributed by atoms with van der Waals surface area (Å²) >= 11 is 0. The lowest BCUT2D eigenvalue weighted by molar-refractivity contribution is 0.296. The molecule has 0 atom stereocenters. The number of nitriles is 1. The van der Waals surface area contributed by atoms with E-state index in [0.717, 1.165) is 52.3 Å². The molecule has 2 aromatic carbocycles. The molecule has 0 aliphatic rings. The Bertz CT molecular complexity index is 928. The van der Waals surface area contributed by atoms with Gasteiger partial charge in [0.1, 0.15) is 11.5 Å². The van der Waals surface area contributed by atoms with Crippen molar-refractivity contribution in [3.8, 4) is 22.9 Å². The lowest BCUT2D eigenvalue weighted by Crippen LogP contribution is -2.02. The number of rotatable bonds is 6. The maximum absolute atomic E-state index is 9.09. The molecule has 1 heterocycles. The number of aryl methyl sites for hydroxylation is 4. The van der Waals surface area contributed by atoms with E-state index in [9.17, 15) is 0 Å². The van der Waals surface area contributed by atoms with Gasteiger partial charge in [0.25, 0.3) is 0 Å². The Morgan fingerprint density at radius 1 is 1.04 bits per heavy atom. The smallest absolute Gasteiger partial charge is 0.137 e. The van der Waals surface area contributed by atoms with Gasteiger partial charge in [0, 0.05) is 12.5 Å². The number of benzene rings is 2. The summed E-state index contributed by atoms with van der Waals surface area (Å²) in [7, 11) is 0. The van der Waals surface area contributed by atoms with E-state index in [-0.39, 0.29) is 0 Å². The maximum atomic E-state index is 9.09. The van der Waals surface area contributed by atoms with Crippen LogP contribution in [0.1, 0.15) is 34.6 Å². The first-order valence-electron chi connectivity index (χ1n) is 8.73. The van der Waals surface area contributed by atoms with Crippen LogP contribution in [0.4, 0.5) is 0 Å². The first kappa shape index (κ1) is 17.8. The minimum Gasteiger partial charge on any atom is -0.493 e. The monoisotopic (exact) mass is 346 g/mol. The van der Waals surface area contributed by atoms with Crippen molar-refractivity contribution in [1.82, 2.24) is 5.16 Å². The van der Waals surface area contributed by atoms with Gasteiger partial charge in [-0.2, -0.15) is 5.26 Å². The first-order valence-corrected chi connectivity index (χ1v) is 8.73. The Hall–Kier alpha value is -3.06. The minimum atomic E-state index is 0.630. The molecule has 0 fully saturated rings. The predicted octanol–water partition coefficient (Wildman–Crippen LogP) is 5.15. The zero-order chi connectivity index (χ0) is 18.5. The zero-order valence-electron chi connectivity index (χ0n) is 15.4. The van der Waals surface area contributed by atoms with Crippen LogP contribution in [0.3, 0.4) is 0 Å². The SMILES string of the molecule is Cc1cc(CCCOc2c(C)cc(-c3cccc(C#N)c3)cc2C)on1. The van der Waals surface area contributed by atoms with Crippen molar-refractivity contribution in [2.75, 3.05) is 6.61 Å². The molecule has 0 N–H and O–H groups in total. The van der Waals surface area contributed by atoms with Gasteiger partial charge >= 0.3 is 0 Å². The van der Waals surface area contributed by atoms with Crippen LogP contribution in [-0.2, 0) is 6.42 Å². The maximum Gasteiger partial charge on any atom is 0.137 e. The van der Waals surface area contributed by atoms with Gasteiger partial charge in [0.15, 0.2) is 0 Å². The molecule has 4 nitrogen and oxygen atoms in total. The molecule has 1 aromatic heterocycles. The summed E-state index contributed by atoms with van der Waals surface area (Å²) in [5, 5.41) is 13.0. The van der Waals surface area contributed by atoms with Crippen LogP contribution in [0.25, 0.3) is 11.1 Å². The van der Waals surface area contributed by atoms with E-state index in [1.165, 1.54) is 0 Å². The molecule has 0 radical (unpaired) electrons. The Kier molecular flexibility index (Phi) is 5.38. The third-order valence-electron chi connectivity index (χ3n) is 4.28. The van der Waals surface area contributed by atoms with Crippen LogP contribution in [0.2, 0.25) is 0 Å². The lowest BCUT2D eigenvalue weighted by atomic mass is 9.98. The van der Waals surface area contributed by atoms with Crippen LogP contribution in [0.5, 0.6) is 5.75 Å². The van der Waals surface area contributed by atoms with E-state index in [1.807, 2.05) is 37.3 Å². The van der Waals surface area contributed by atoms with Crippen molar-refractivity contribution in [1.29, 1.82) is 5.26 Å². The van der Waals surface area contributed by atoms with Gasteiger partial charge in [-0.25, -0.2) is 0 Å². The molecule has 0 saturated carbocycles. The Morgan fingerprint density at radius 3 is 2.46 bits per heavy atom. The zero-order valence-corrected chi connectivity index (χ0v) is 15.4.